The molecule has 1 aliphatic rings. The molecule has 0 heterocycles. The lowest BCUT2D eigenvalue weighted by molar-refractivity contribution is 0.343. The van der Waals surface area contributed by atoms with Crippen LogP contribution in [0.5, 0.6) is 5.75 Å². The van der Waals surface area contributed by atoms with Crippen molar-refractivity contribution in [2.24, 2.45) is 5.73 Å². The van der Waals surface area contributed by atoms with Crippen LogP contribution in [0.1, 0.15) is 31.2 Å². The molecule has 0 spiro atoms. The highest BCUT2D eigenvalue weighted by molar-refractivity contribution is 9.10. The van der Waals surface area contributed by atoms with E-state index in [-0.39, 0.29) is 0 Å². The fourth-order valence-corrected chi connectivity index (χ4v) is 3.09. The molecule has 19 heavy (non-hydrogen) atoms. The van der Waals surface area contributed by atoms with Crippen molar-refractivity contribution in [3.63, 3.8) is 0 Å². The van der Waals surface area contributed by atoms with Crippen LogP contribution in [0.2, 0.25) is 0 Å². The van der Waals surface area contributed by atoms with Gasteiger partial charge in [-0.05, 0) is 62.4 Å². The summed E-state index contributed by atoms with van der Waals surface area (Å²) in [4.78, 5) is 0. The van der Waals surface area contributed by atoms with E-state index in [1.807, 2.05) is 12.1 Å². The van der Waals surface area contributed by atoms with Crippen molar-refractivity contribution in [3.05, 3.63) is 28.2 Å². The van der Waals surface area contributed by atoms with E-state index < -0.39 is 0 Å². The number of nitrogens with one attached hydrogen (secondary N) is 1. The van der Waals surface area contributed by atoms with Crippen LogP contribution in [-0.4, -0.2) is 25.7 Å². The molecule has 1 saturated carbocycles. The first-order valence-electron chi connectivity index (χ1n) is 7.00. The molecule has 2 rings (SSSR count). The smallest absolute Gasteiger partial charge is 0.122 e. The van der Waals surface area contributed by atoms with Gasteiger partial charge in [0.05, 0.1) is 7.11 Å². The molecule has 1 aromatic carbocycles. The quantitative estimate of drug-likeness (QED) is 0.874. The molecular weight excluding hydrogens is 304 g/mol. The van der Waals surface area contributed by atoms with Crippen LogP contribution >= 0.6 is 15.9 Å². The van der Waals surface area contributed by atoms with E-state index in [1.54, 1.807) is 7.11 Å². The molecule has 1 aliphatic carbocycles. The third-order valence-electron chi connectivity index (χ3n) is 3.84. The number of nitrogens with two attached hydrogens (primary N) is 1. The Labute approximate surface area is 124 Å². The van der Waals surface area contributed by atoms with Crippen LogP contribution in [0, 0.1) is 0 Å². The van der Waals surface area contributed by atoms with Crippen molar-refractivity contribution >= 4 is 15.9 Å². The minimum atomic E-state index is 0.420. The van der Waals surface area contributed by atoms with Gasteiger partial charge in [0.1, 0.15) is 5.75 Å². The summed E-state index contributed by atoms with van der Waals surface area (Å²) in [6, 6.07) is 7.22. The van der Waals surface area contributed by atoms with Crippen LogP contribution in [0.4, 0.5) is 0 Å². The summed E-state index contributed by atoms with van der Waals surface area (Å²) in [6.45, 7) is 0.993. The topological polar surface area (TPSA) is 47.3 Å². The molecule has 0 radical (unpaired) electrons. The monoisotopic (exact) mass is 326 g/mol. The average Bonchev–Trinajstić information content (AvgIpc) is 2.41. The third kappa shape index (κ3) is 4.48. The van der Waals surface area contributed by atoms with E-state index in [0.717, 1.165) is 36.0 Å². The molecule has 1 aromatic rings. The largest absolute Gasteiger partial charge is 0.496 e. The minimum Gasteiger partial charge on any atom is -0.496 e. The van der Waals surface area contributed by atoms with Gasteiger partial charge in [0.15, 0.2) is 0 Å². The Kier molecular flexibility index (Phi) is 5.67. The molecule has 0 bridgehead atoms. The second-order valence-corrected chi connectivity index (χ2v) is 6.19. The Morgan fingerprint density at radius 2 is 2.05 bits per heavy atom. The molecule has 0 amide bonds. The van der Waals surface area contributed by atoms with E-state index >= 15 is 0 Å². The first kappa shape index (κ1) is 14.8. The lowest BCUT2D eigenvalue weighted by Crippen LogP contribution is -2.38. The molecule has 0 atom stereocenters. The van der Waals surface area contributed by atoms with Gasteiger partial charge < -0.3 is 15.8 Å². The zero-order valence-electron chi connectivity index (χ0n) is 11.5. The van der Waals surface area contributed by atoms with Gasteiger partial charge in [-0.3, -0.25) is 0 Å². The lowest BCUT2D eigenvalue weighted by Gasteiger charge is -2.27. The summed E-state index contributed by atoms with van der Waals surface area (Å²) in [6.07, 6.45) is 5.70. The maximum Gasteiger partial charge on any atom is 0.122 e. The van der Waals surface area contributed by atoms with Gasteiger partial charge in [-0.15, -0.1) is 0 Å². The number of ether oxygens (including phenoxy) is 1. The highest BCUT2D eigenvalue weighted by atomic mass is 79.9. The molecule has 1 fully saturated rings. The van der Waals surface area contributed by atoms with Crippen LogP contribution in [0.15, 0.2) is 22.7 Å². The van der Waals surface area contributed by atoms with Crippen molar-refractivity contribution in [2.75, 3.05) is 13.7 Å². The Balaban J connectivity index is 1.80. The third-order valence-corrected chi connectivity index (χ3v) is 4.33. The van der Waals surface area contributed by atoms with Crippen LogP contribution in [-0.2, 0) is 6.42 Å². The summed E-state index contributed by atoms with van der Waals surface area (Å²) < 4.78 is 6.50. The fraction of sp³-hybridized carbons (Fsp3) is 0.600. The Morgan fingerprint density at radius 3 is 2.74 bits per heavy atom. The van der Waals surface area contributed by atoms with Crippen LogP contribution in [0.25, 0.3) is 0 Å². The Morgan fingerprint density at radius 1 is 1.32 bits per heavy atom. The normalized spacial score (nSPS) is 23.3. The van der Waals surface area contributed by atoms with Crippen LogP contribution in [0.3, 0.4) is 0 Å². The minimum absolute atomic E-state index is 0.420. The lowest BCUT2D eigenvalue weighted by atomic mass is 9.92. The van der Waals surface area contributed by atoms with E-state index in [2.05, 4.69) is 27.3 Å². The van der Waals surface area contributed by atoms with E-state index in [1.165, 1.54) is 18.4 Å². The molecule has 4 heteroatoms. The second-order valence-electron chi connectivity index (χ2n) is 5.27. The van der Waals surface area contributed by atoms with E-state index in [0.29, 0.717) is 12.1 Å². The van der Waals surface area contributed by atoms with Gasteiger partial charge in [0, 0.05) is 16.6 Å². The van der Waals surface area contributed by atoms with E-state index in [4.69, 9.17) is 10.5 Å². The summed E-state index contributed by atoms with van der Waals surface area (Å²) in [5.41, 5.74) is 7.17. The maximum atomic E-state index is 5.92. The van der Waals surface area contributed by atoms with Crippen LogP contribution < -0.4 is 15.8 Å². The molecule has 3 N–H and O–H groups in total. The molecule has 0 unspecified atom stereocenters. The number of halogens is 1. The Bertz CT molecular complexity index is 403. The van der Waals surface area contributed by atoms with Gasteiger partial charge in [0.2, 0.25) is 0 Å². The van der Waals surface area contributed by atoms with Gasteiger partial charge >= 0.3 is 0 Å². The van der Waals surface area contributed by atoms with Gasteiger partial charge in [-0.2, -0.15) is 0 Å². The fourth-order valence-electron chi connectivity index (χ4n) is 2.68. The highest BCUT2D eigenvalue weighted by Gasteiger charge is 2.17. The van der Waals surface area contributed by atoms with E-state index in [9.17, 15) is 0 Å². The summed E-state index contributed by atoms with van der Waals surface area (Å²) >= 11 is 3.51. The van der Waals surface area contributed by atoms with Crippen molar-refractivity contribution < 1.29 is 4.74 Å². The first-order valence-corrected chi connectivity index (χ1v) is 7.79. The van der Waals surface area contributed by atoms with Crippen molar-refractivity contribution in [1.29, 1.82) is 0 Å². The number of benzene rings is 1. The molecule has 0 aliphatic heterocycles. The SMILES string of the molecule is COc1ccc(Br)cc1CCNC1CCC(N)CC1. The predicted octanol–water partition coefficient (Wildman–Crippen LogP) is 2.86. The van der Waals surface area contributed by atoms with Gasteiger partial charge in [-0.1, -0.05) is 15.9 Å². The van der Waals surface area contributed by atoms with Crippen molar-refractivity contribution in [1.82, 2.24) is 5.32 Å². The molecular formula is C15H23BrN2O. The number of rotatable bonds is 5. The zero-order chi connectivity index (χ0) is 13.7. The number of hydrogen-bond donors (Lipinski definition) is 2. The summed E-state index contributed by atoms with van der Waals surface area (Å²) in [5, 5.41) is 3.63. The predicted molar refractivity (Wildman–Crippen MR) is 82.6 cm³/mol. The number of methoxy groups -OCH3 is 1. The summed E-state index contributed by atoms with van der Waals surface area (Å²) in [7, 11) is 1.72. The first-order chi connectivity index (χ1) is 9.19. The van der Waals surface area contributed by atoms with Gasteiger partial charge in [0.25, 0.3) is 0 Å². The molecule has 0 aromatic heterocycles. The molecule has 0 saturated heterocycles. The summed E-state index contributed by atoms with van der Waals surface area (Å²) in [5.74, 6) is 0.968. The van der Waals surface area contributed by atoms with Crippen molar-refractivity contribution in [2.45, 2.75) is 44.2 Å². The van der Waals surface area contributed by atoms with Gasteiger partial charge in [-0.25, -0.2) is 0 Å². The molecule has 3 nitrogen and oxygen atoms in total. The second kappa shape index (κ2) is 7.27. The highest BCUT2D eigenvalue weighted by Crippen LogP contribution is 2.23. The Hall–Kier alpha value is -0.580. The standard InChI is InChI=1S/C15H23BrN2O/c1-19-15-7-2-12(16)10-11(15)8-9-18-14-5-3-13(17)4-6-14/h2,7,10,13-14,18H,3-6,8-9,17H2,1H3. The zero-order valence-corrected chi connectivity index (χ0v) is 13.1. The maximum absolute atomic E-state index is 5.92. The average molecular weight is 327 g/mol. The number of hydrogen-bond acceptors (Lipinski definition) is 3. The van der Waals surface area contributed by atoms with Crippen molar-refractivity contribution in [3.8, 4) is 5.75 Å². The molecule has 106 valence electrons.